The van der Waals surface area contributed by atoms with E-state index in [-0.39, 0.29) is 17.5 Å². The molecule has 0 atom stereocenters. The second-order valence-electron chi connectivity index (χ2n) is 5.03. The Balaban J connectivity index is 2.07. The van der Waals surface area contributed by atoms with Crippen LogP contribution in [0.15, 0.2) is 18.2 Å². The molecule has 1 aromatic carbocycles. The van der Waals surface area contributed by atoms with Crippen LogP contribution in [-0.2, 0) is 4.79 Å². The molecule has 0 saturated carbocycles. The van der Waals surface area contributed by atoms with Crippen molar-refractivity contribution >= 4 is 17.3 Å². The number of non-ortho nitro benzene ring substituents is 1. The monoisotopic (exact) mass is 281 g/mol. The largest absolute Gasteiger partial charge is 0.371 e. The van der Waals surface area contributed by atoms with E-state index in [1.54, 1.807) is 0 Å². The average molecular weight is 281 g/mol. The number of hydrogen-bond donors (Lipinski definition) is 1. The van der Waals surface area contributed by atoms with Crippen molar-refractivity contribution in [2.24, 2.45) is 11.7 Å². The van der Waals surface area contributed by atoms with Crippen molar-refractivity contribution in [1.82, 2.24) is 0 Å². The zero-order valence-electron chi connectivity index (χ0n) is 10.9. The number of halogens is 1. The van der Waals surface area contributed by atoms with Crippen molar-refractivity contribution in [3.8, 4) is 0 Å². The molecule has 0 radical (unpaired) electrons. The van der Waals surface area contributed by atoms with Gasteiger partial charge in [0.25, 0.3) is 5.69 Å². The summed E-state index contributed by atoms with van der Waals surface area (Å²) in [6, 6.07) is 3.57. The number of carbonyl (C=O) groups is 1. The highest BCUT2D eigenvalue weighted by molar-refractivity contribution is 5.74. The smallest absolute Gasteiger partial charge is 0.274 e. The van der Waals surface area contributed by atoms with Crippen molar-refractivity contribution < 1.29 is 14.1 Å². The van der Waals surface area contributed by atoms with Crippen LogP contribution in [0, 0.1) is 21.8 Å². The minimum absolute atomic E-state index is 0.243. The van der Waals surface area contributed by atoms with Crippen LogP contribution in [-0.4, -0.2) is 23.9 Å². The van der Waals surface area contributed by atoms with Crippen LogP contribution in [0.4, 0.5) is 15.8 Å². The summed E-state index contributed by atoms with van der Waals surface area (Å²) >= 11 is 0. The SMILES string of the molecule is NC(=O)CC1CCN(c2cc(F)cc([N+](=O)[O-])c2)CC1. The minimum Gasteiger partial charge on any atom is -0.371 e. The lowest BCUT2D eigenvalue weighted by molar-refractivity contribution is -0.385. The molecule has 0 spiro atoms. The molecule has 1 heterocycles. The van der Waals surface area contributed by atoms with Crippen LogP contribution in [0.3, 0.4) is 0 Å². The number of carbonyl (C=O) groups excluding carboxylic acids is 1. The van der Waals surface area contributed by atoms with Gasteiger partial charge in [-0.3, -0.25) is 14.9 Å². The Labute approximate surface area is 115 Å². The molecule has 108 valence electrons. The number of amides is 1. The summed E-state index contributed by atoms with van der Waals surface area (Å²) < 4.78 is 13.4. The molecule has 2 N–H and O–H groups in total. The standard InChI is InChI=1S/C13H16FN3O3/c14-10-6-11(8-12(7-10)17(19)20)16-3-1-9(2-4-16)5-13(15)18/h6-9H,1-5H2,(H2,15,18). The fraction of sp³-hybridized carbons (Fsp3) is 0.462. The van der Waals surface area contributed by atoms with E-state index < -0.39 is 10.7 Å². The molecule has 6 nitrogen and oxygen atoms in total. The Morgan fingerprint density at radius 3 is 2.60 bits per heavy atom. The Morgan fingerprint density at radius 2 is 2.05 bits per heavy atom. The number of nitrogens with zero attached hydrogens (tertiary/aromatic N) is 2. The van der Waals surface area contributed by atoms with E-state index >= 15 is 0 Å². The molecule has 1 aliphatic heterocycles. The molecule has 0 unspecified atom stereocenters. The quantitative estimate of drug-likeness (QED) is 0.673. The lowest BCUT2D eigenvalue weighted by atomic mass is 9.93. The van der Waals surface area contributed by atoms with Gasteiger partial charge in [0.2, 0.25) is 5.91 Å². The van der Waals surface area contributed by atoms with E-state index in [9.17, 15) is 19.3 Å². The number of nitro benzene ring substituents is 1. The normalized spacial score (nSPS) is 16.1. The van der Waals surface area contributed by atoms with E-state index in [1.807, 2.05) is 4.90 Å². The molecule has 2 rings (SSSR count). The van der Waals surface area contributed by atoms with E-state index in [2.05, 4.69) is 0 Å². The Kier molecular flexibility index (Phi) is 4.16. The first-order chi connectivity index (χ1) is 9.45. The molecular formula is C13H16FN3O3. The molecule has 1 saturated heterocycles. The number of benzene rings is 1. The van der Waals surface area contributed by atoms with Gasteiger partial charge in [-0.15, -0.1) is 0 Å². The van der Waals surface area contributed by atoms with Gasteiger partial charge in [0.05, 0.1) is 11.0 Å². The fourth-order valence-corrected chi connectivity index (χ4v) is 2.53. The first kappa shape index (κ1) is 14.2. The van der Waals surface area contributed by atoms with Crippen LogP contribution in [0.1, 0.15) is 19.3 Å². The Bertz CT molecular complexity index is 528. The predicted molar refractivity (Wildman–Crippen MR) is 71.8 cm³/mol. The van der Waals surface area contributed by atoms with Crippen molar-refractivity contribution in [2.45, 2.75) is 19.3 Å². The maximum atomic E-state index is 13.4. The summed E-state index contributed by atoms with van der Waals surface area (Å²) in [5.74, 6) is -0.689. The van der Waals surface area contributed by atoms with Crippen LogP contribution >= 0.6 is 0 Å². The third kappa shape index (κ3) is 3.43. The van der Waals surface area contributed by atoms with Gasteiger partial charge >= 0.3 is 0 Å². The Hall–Kier alpha value is -2.18. The second kappa shape index (κ2) is 5.85. The van der Waals surface area contributed by atoms with E-state index in [0.717, 1.165) is 18.9 Å². The van der Waals surface area contributed by atoms with Crippen molar-refractivity contribution in [3.63, 3.8) is 0 Å². The summed E-state index contributed by atoms with van der Waals surface area (Å²) in [6.07, 6.45) is 1.90. The van der Waals surface area contributed by atoms with Crippen molar-refractivity contribution in [2.75, 3.05) is 18.0 Å². The average Bonchev–Trinajstić information content (AvgIpc) is 2.38. The molecule has 0 aromatic heterocycles. The van der Waals surface area contributed by atoms with Crippen LogP contribution < -0.4 is 10.6 Å². The van der Waals surface area contributed by atoms with E-state index in [4.69, 9.17) is 5.73 Å². The zero-order valence-corrected chi connectivity index (χ0v) is 10.9. The molecule has 20 heavy (non-hydrogen) atoms. The number of nitro groups is 1. The number of rotatable bonds is 4. The molecular weight excluding hydrogens is 265 g/mol. The number of nitrogens with two attached hydrogens (primary N) is 1. The van der Waals surface area contributed by atoms with Gasteiger partial charge in [0.1, 0.15) is 5.82 Å². The molecule has 7 heteroatoms. The van der Waals surface area contributed by atoms with Gasteiger partial charge in [-0.1, -0.05) is 0 Å². The van der Waals surface area contributed by atoms with E-state index in [1.165, 1.54) is 12.1 Å². The van der Waals surface area contributed by atoms with Crippen LogP contribution in [0.25, 0.3) is 0 Å². The van der Waals surface area contributed by atoms with Gasteiger partial charge in [0.15, 0.2) is 0 Å². The number of hydrogen-bond acceptors (Lipinski definition) is 4. The van der Waals surface area contributed by atoms with Crippen molar-refractivity contribution in [3.05, 3.63) is 34.1 Å². The summed E-state index contributed by atoms with van der Waals surface area (Å²) in [5, 5.41) is 10.7. The van der Waals surface area contributed by atoms with Crippen LogP contribution in [0.2, 0.25) is 0 Å². The van der Waals surface area contributed by atoms with Crippen molar-refractivity contribution in [1.29, 1.82) is 0 Å². The van der Waals surface area contributed by atoms with Gasteiger partial charge in [-0.25, -0.2) is 4.39 Å². The molecule has 1 amide bonds. The zero-order chi connectivity index (χ0) is 14.7. The number of anilines is 1. The summed E-state index contributed by atoms with van der Waals surface area (Å²) in [6.45, 7) is 1.27. The highest BCUT2D eigenvalue weighted by Gasteiger charge is 2.22. The number of primary amides is 1. The second-order valence-corrected chi connectivity index (χ2v) is 5.03. The topological polar surface area (TPSA) is 89.5 Å². The lowest BCUT2D eigenvalue weighted by Crippen LogP contribution is -2.35. The summed E-state index contributed by atoms with van der Waals surface area (Å²) in [5.41, 5.74) is 5.42. The summed E-state index contributed by atoms with van der Waals surface area (Å²) in [7, 11) is 0. The third-order valence-corrected chi connectivity index (χ3v) is 3.55. The first-order valence-electron chi connectivity index (χ1n) is 6.44. The van der Waals surface area contributed by atoms with Gasteiger partial charge < -0.3 is 10.6 Å². The fourth-order valence-electron chi connectivity index (χ4n) is 2.53. The molecule has 0 bridgehead atoms. The molecule has 1 fully saturated rings. The summed E-state index contributed by atoms with van der Waals surface area (Å²) in [4.78, 5) is 22.9. The predicted octanol–water partition coefficient (Wildman–Crippen LogP) is 1.83. The minimum atomic E-state index is -0.617. The maximum absolute atomic E-state index is 13.4. The van der Waals surface area contributed by atoms with Gasteiger partial charge in [0, 0.05) is 31.3 Å². The van der Waals surface area contributed by atoms with Gasteiger partial charge in [-0.2, -0.15) is 0 Å². The van der Waals surface area contributed by atoms with Gasteiger partial charge in [-0.05, 0) is 24.8 Å². The molecule has 0 aliphatic carbocycles. The number of piperidine rings is 1. The van der Waals surface area contributed by atoms with Crippen LogP contribution in [0.5, 0.6) is 0 Å². The first-order valence-corrected chi connectivity index (χ1v) is 6.44. The molecule has 1 aliphatic rings. The molecule has 1 aromatic rings. The highest BCUT2D eigenvalue weighted by atomic mass is 19.1. The maximum Gasteiger partial charge on any atom is 0.274 e. The van der Waals surface area contributed by atoms with E-state index in [0.29, 0.717) is 25.2 Å². The lowest BCUT2D eigenvalue weighted by Gasteiger charge is -2.33. The third-order valence-electron chi connectivity index (χ3n) is 3.55. The highest BCUT2D eigenvalue weighted by Crippen LogP contribution is 2.28. The Morgan fingerprint density at radius 1 is 1.40 bits per heavy atom.